The molecule has 1 fully saturated rings. The van der Waals surface area contributed by atoms with Gasteiger partial charge in [0.2, 0.25) is 0 Å². The molecule has 3 aromatic rings. The number of nitrogen functional groups attached to an aromatic ring is 1. The third-order valence-corrected chi connectivity index (χ3v) is 6.10. The summed E-state index contributed by atoms with van der Waals surface area (Å²) in [7, 11) is 0. The highest BCUT2D eigenvalue weighted by Crippen LogP contribution is 2.32. The summed E-state index contributed by atoms with van der Waals surface area (Å²) >= 11 is 0. The lowest BCUT2D eigenvalue weighted by atomic mass is 10.00. The number of anilines is 1. The van der Waals surface area contributed by atoms with E-state index in [9.17, 15) is 9.59 Å². The maximum absolute atomic E-state index is 13.1. The minimum absolute atomic E-state index is 0.0414. The molecule has 0 bridgehead atoms. The second-order valence-electron chi connectivity index (χ2n) is 8.43. The van der Waals surface area contributed by atoms with Crippen molar-refractivity contribution in [3.63, 3.8) is 0 Å². The van der Waals surface area contributed by atoms with Gasteiger partial charge in [-0.15, -0.1) is 0 Å². The molecule has 174 valence electrons. The van der Waals surface area contributed by atoms with Gasteiger partial charge in [0.25, 0.3) is 11.8 Å². The summed E-state index contributed by atoms with van der Waals surface area (Å²) in [5.41, 5.74) is 8.62. The van der Waals surface area contributed by atoms with Gasteiger partial charge in [-0.1, -0.05) is 30.3 Å². The fourth-order valence-electron chi connectivity index (χ4n) is 4.29. The van der Waals surface area contributed by atoms with E-state index in [1.165, 1.54) is 6.20 Å². The molecule has 3 heterocycles. The molecule has 0 spiro atoms. The summed E-state index contributed by atoms with van der Waals surface area (Å²) in [6.45, 7) is 2.12. The van der Waals surface area contributed by atoms with Crippen LogP contribution in [0.25, 0.3) is 11.3 Å². The van der Waals surface area contributed by atoms with Crippen molar-refractivity contribution in [1.82, 2.24) is 25.9 Å². The van der Waals surface area contributed by atoms with Crippen LogP contribution in [-0.2, 0) is 0 Å². The molecule has 34 heavy (non-hydrogen) atoms. The molecule has 2 amide bonds. The van der Waals surface area contributed by atoms with Crippen LogP contribution in [0.2, 0.25) is 0 Å². The van der Waals surface area contributed by atoms with E-state index in [1.807, 2.05) is 30.3 Å². The normalized spacial score (nSPS) is 19.1. The molecule has 0 radical (unpaired) electrons. The zero-order valence-corrected chi connectivity index (χ0v) is 18.6. The van der Waals surface area contributed by atoms with Crippen molar-refractivity contribution in [2.45, 2.75) is 24.9 Å². The number of nitrogens with one attached hydrogen (secondary N) is 3. The van der Waals surface area contributed by atoms with E-state index in [0.717, 1.165) is 24.3 Å². The number of fused-ring (bicyclic) bond motifs is 1. The second kappa shape index (κ2) is 9.48. The molecule has 0 saturated carbocycles. The first-order valence-corrected chi connectivity index (χ1v) is 11.4. The Kier molecular flexibility index (Phi) is 6.09. The van der Waals surface area contributed by atoms with Crippen LogP contribution in [0.5, 0.6) is 5.75 Å². The fourth-order valence-corrected chi connectivity index (χ4v) is 4.29. The number of nitrogens with two attached hydrogens (primary N) is 1. The lowest BCUT2D eigenvalue weighted by Gasteiger charge is -2.26. The van der Waals surface area contributed by atoms with Crippen molar-refractivity contribution in [1.29, 1.82) is 0 Å². The van der Waals surface area contributed by atoms with E-state index in [1.54, 1.807) is 18.2 Å². The first-order chi connectivity index (χ1) is 16.6. The van der Waals surface area contributed by atoms with Gasteiger partial charge >= 0.3 is 0 Å². The quantitative estimate of drug-likeness (QED) is 0.460. The minimum atomic E-state index is -0.354. The zero-order valence-electron chi connectivity index (χ0n) is 18.6. The number of ether oxygens (including phenoxy) is 1. The summed E-state index contributed by atoms with van der Waals surface area (Å²) in [5, 5.41) is 9.25. The van der Waals surface area contributed by atoms with Gasteiger partial charge < -0.3 is 26.4 Å². The van der Waals surface area contributed by atoms with Crippen LogP contribution in [-0.4, -0.2) is 47.5 Å². The molecule has 2 aliphatic heterocycles. The first kappa shape index (κ1) is 21.8. The molecule has 5 N–H and O–H groups in total. The van der Waals surface area contributed by atoms with Gasteiger partial charge in [0.1, 0.15) is 5.75 Å². The number of benzene rings is 2. The van der Waals surface area contributed by atoms with Crippen LogP contribution in [0, 0.1) is 0 Å². The summed E-state index contributed by atoms with van der Waals surface area (Å²) in [6, 6.07) is 14.7. The fraction of sp³-hybridized carbons (Fsp3) is 0.280. The number of carbonyl (C=O) groups excluding carboxylic acids is 2. The molecule has 2 atom stereocenters. The second-order valence-corrected chi connectivity index (χ2v) is 8.43. The number of para-hydroxylation sites is 1. The van der Waals surface area contributed by atoms with Crippen LogP contribution in [0.1, 0.15) is 45.3 Å². The largest absolute Gasteiger partial charge is 0.493 e. The Bertz CT molecular complexity index is 1220. The van der Waals surface area contributed by atoms with E-state index in [2.05, 4.69) is 25.9 Å². The predicted molar refractivity (Wildman–Crippen MR) is 127 cm³/mol. The number of amides is 2. The number of aromatic nitrogens is 2. The van der Waals surface area contributed by atoms with Crippen molar-refractivity contribution < 1.29 is 14.3 Å². The molecule has 0 aliphatic carbocycles. The third kappa shape index (κ3) is 4.55. The van der Waals surface area contributed by atoms with Gasteiger partial charge in [-0.3, -0.25) is 9.59 Å². The highest BCUT2D eigenvalue weighted by molar-refractivity contribution is 5.97. The Hall–Kier alpha value is -3.98. The summed E-state index contributed by atoms with van der Waals surface area (Å²) < 4.78 is 5.69. The van der Waals surface area contributed by atoms with Gasteiger partial charge in [-0.05, 0) is 31.2 Å². The Balaban J connectivity index is 1.35. The van der Waals surface area contributed by atoms with Crippen LogP contribution < -0.4 is 26.4 Å². The molecule has 9 nitrogen and oxygen atoms in total. The molecule has 1 unspecified atom stereocenters. The van der Waals surface area contributed by atoms with Crippen LogP contribution in [0.3, 0.4) is 0 Å². The molecule has 9 heteroatoms. The highest BCUT2D eigenvalue weighted by Gasteiger charge is 2.24. The maximum atomic E-state index is 13.1. The summed E-state index contributed by atoms with van der Waals surface area (Å²) in [5.74, 6) is 0.315. The van der Waals surface area contributed by atoms with Gasteiger partial charge in [0.05, 0.1) is 24.5 Å². The molecule has 2 aromatic carbocycles. The average molecular weight is 459 g/mol. The van der Waals surface area contributed by atoms with E-state index in [0.29, 0.717) is 36.4 Å². The SMILES string of the molecule is Nc1ncc(-c2cccc(C(=O)NC3CCOc4ccccc43)c2)nc1C(=O)N[C@H]1CCNC1. The lowest BCUT2D eigenvalue weighted by molar-refractivity contribution is 0.0920. The third-order valence-electron chi connectivity index (χ3n) is 6.10. The monoisotopic (exact) mass is 458 g/mol. The zero-order chi connectivity index (χ0) is 23.5. The number of carbonyl (C=O) groups is 2. The molecular weight excluding hydrogens is 432 g/mol. The van der Waals surface area contributed by atoms with Crippen molar-refractivity contribution in [2.24, 2.45) is 0 Å². The van der Waals surface area contributed by atoms with Crippen LogP contribution >= 0.6 is 0 Å². The summed E-state index contributed by atoms with van der Waals surface area (Å²) in [4.78, 5) is 34.4. The molecule has 1 aromatic heterocycles. The Labute approximate surface area is 197 Å². The summed E-state index contributed by atoms with van der Waals surface area (Å²) in [6.07, 6.45) is 3.06. The minimum Gasteiger partial charge on any atom is -0.493 e. The Morgan fingerprint density at radius 3 is 2.79 bits per heavy atom. The number of rotatable bonds is 5. The van der Waals surface area contributed by atoms with E-state index in [4.69, 9.17) is 10.5 Å². The number of hydrogen-bond acceptors (Lipinski definition) is 7. The van der Waals surface area contributed by atoms with Gasteiger partial charge in [0.15, 0.2) is 11.5 Å². The molecule has 2 aliphatic rings. The molecule has 5 rings (SSSR count). The van der Waals surface area contributed by atoms with Crippen LogP contribution in [0.15, 0.2) is 54.7 Å². The predicted octanol–water partition coefficient (Wildman–Crippen LogP) is 2.07. The molecular formula is C25H26N6O3. The number of nitrogens with zero attached hydrogens (tertiary/aromatic N) is 2. The van der Waals surface area contributed by atoms with Crippen molar-refractivity contribution in [2.75, 3.05) is 25.4 Å². The van der Waals surface area contributed by atoms with Crippen molar-refractivity contribution in [3.8, 4) is 17.0 Å². The van der Waals surface area contributed by atoms with Gasteiger partial charge in [-0.25, -0.2) is 9.97 Å². The van der Waals surface area contributed by atoms with Gasteiger partial charge in [-0.2, -0.15) is 0 Å². The first-order valence-electron chi connectivity index (χ1n) is 11.4. The van der Waals surface area contributed by atoms with Crippen LogP contribution in [0.4, 0.5) is 5.82 Å². The van der Waals surface area contributed by atoms with Crippen molar-refractivity contribution >= 4 is 17.6 Å². The van der Waals surface area contributed by atoms with Gasteiger partial charge in [0, 0.05) is 35.7 Å². The van der Waals surface area contributed by atoms with E-state index >= 15 is 0 Å². The van der Waals surface area contributed by atoms with E-state index in [-0.39, 0.29) is 35.4 Å². The van der Waals surface area contributed by atoms with E-state index < -0.39 is 0 Å². The lowest BCUT2D eigenvalue weighted by Crippen LogP contribution is -2.37. The molecule has 1 saturated heterocycles. The Morgan fingerprint density at radius 1 is 1.06 bits per heavy atom. The standard InChI is InChI=1S/C25H26N6O3/c26-23-22(25(33)29-17-8-10-27-13-17)30-20(14-28-23)15-4-3-5-16(12-15)24(32)31-19-9-11-34-21-7-2-1-6-18(19)21/h1-7,12,14,17,19,27H,8-11,13H2,(H2,26,28)(H,29,33)(H,31,32)/t17-,19?/m0/s1. The Morgan fingerprint density at radius 2 is 1.94 bits per heavy atom. The van der Waals surface area contributed by atoms with Crippen molar-refractivity contribution in [3.05, 3.63) is 71.5 Å². The topological polar surface area (TPSA) is 131 Å². The smallest absolute Gasteiger partial charge is 0.274 e. The maximum Gasteiger partial charge on any atom is 0.274 e. The average Bonchev–Trinajstić information content (AvgIpc) is 3.37. The highest BCUT2D eigenvalue weighted by atomic mass is 16.5. The number of hydrogen-bond donors (Lipinski definition) is 4.